The molecule has 3 heterocycles. The van der Waals surface area contributed by atoms with E-state index < -0.39 is 0 Å². The molecule has 13 aromatic rings. The molecule has 0 bridgehead atoms. The van der Waals surface area contributed by atoms with Crippen LogP contribution in [-0.2, 0) is 0 Å². The Morgan fingerprint density at radius 2 is 0.694 bits per heavy atom. The Labute approximate surface area is 415 Å². The van der Waals surface area contributed by atoms with E-state index in [1.165, 1.54) is 0 Å². The summed E-state index contributed by atoms with van der Waals surface area (Å²) in [6.45, 7) is 0. The Morgan fingerprint density at radius 1 is 0.278 bits per heavy atom. The predicted molar refractivity (Wildman–Crippen MR) is 291 cm³/mol. The van der Waals surface area contributed by atoms with E-state index in [1.807, 2.05) is 91.0 Å². The Bertz CT molecular complexity index is 4350. The van der Waals surface area contributed by atoms with Gasteiger partial charge >= 0.3 is 0 Å². The highest BCUT2D eigenvalue weighted by atomic mass is 15.0. The molecular weight excluding hydrogens is 879 g/mol. The number of hydrogen-bond donors (Lipinski definition) is 0. The summed E-state index contributed by atoms with van der Waals surface area (Å²) in [5.74, 6) is 1.38. The van der Waals surface area contributed by atoms with Gasteiger partial charge in [-0.2, -0.15) is 10.5 Å². The molecule has 0 saturated heterocycles. The molecule has 0 aliphatic rings. The summed E-state index contributed by atoms with van der Waals surface area (Å²) in [5.41, 5.74) is 15.2. The number of benzene rings is 10. The summed E-state index contributed by atoms with van der Waals surface area (Å²) in [4.78, 5) is 15.4. The molecule has 13 rings (SSSR count). The summed E-state index contributed by atoms with van der Waals surface area (Å²) < 4.78 is 4.48. The molecule has 0 N–H and O–H groups in total. The SMILES string of the molecule is N#Cc1ccccc1-c1cc(-c2nc(-c3ccccc3)nc(-c3ccc(-n4c5ccccc5c5cc(-c6ccccc6)ccc54)c(C#N)c3)n2)ccc1-n1c2ccccc2c2cc(-c3ccccc3)ccc21. The molecular formula is C65H39N7. The first-order chi connectivity index (χ1) is 35.6. The molecule has 10 aromatic carbocycles. The highest BCUT2D eigenvalue weighted by molar-refractivity contribution is 6.12. The number of fused-ring (bicyclic) bond motifs is 6. The molecule has 0 radical (unpaired) electrons. The lowest BCUT2D eigenvalue weighted by Gasteiger charge is -2.17. The van der Waals surface area contributed by atoms with Crippen LogP contribution in [0.4, 0.5) is 0 Å². The summed E-state index contributed by atoms with van der Waals surface area (Å²) in [7, 11) is 0. The van der Waals surface area contributed by atoms with E-state index in [9.17, 15) is 10.5 Å². The van der Waals surface area contributed by atoms with Crippen LogP contribution in [0.1, 0.15) is 11.1 Å². The second kappa shape index (κ2) is 17.4. The van der Waals surface area contributed by atoms with Crippen molar-refractivity contribution in [1.82, 2.24) is 24.1 Å². The summed E-state index contributed by atoms with van der Waals surface area (Å²) >= 11 is 0. The van der Waals surface area contributed by atoms with Gasteiger partial charge in [-0.15, -0.1) is 0 Å². The van der Waals surface area contributed by atoms with Gasteiger partial charge in [0.05, 0.1) is 50.6 Å². The van der Waals surface area contributed by atoms with Crippen molar-refractivity contribution in [2.45, 2.75) is 0 Å². The molecule has 0 amide bonds. The molecule has 0 unspecified atom stereocenters. The fourth-order valence-corrected chi connectivity index (χ4v) is 10.3. The van der Waals surface area contributed by atoms with Crippen molar-refractivity contribution < 1.29 is 0 Å². The third-order valence-corrected chi connectivity index (χ3v) is 13.7. The predicted octanol–water partition coefficient (Wildman–Crippen LogP) is 15.8. The van der Waals surface area contributed by atoms with E-state index in [2.05, 4.69) is 167 Å². The fraction of sp³-hybridized carbons (Fsp3) is 0. The first kappa shape index (κ1) is 41.9. The van der Waals surface area contributed by atoms with Gasteiger partial charge < -0.3 is 9.13 Å². The lowest BCUT2D eigenvalue weighted by atomic mass is 9.96. The van der Waals surface area contributed by atoms with Crippen LogP contribution in [0.2, 0.25) is 0 Å². The normalized spacial score (nSPS) is 11.3. The fourth-order valence-electron chi connectivity index (χ4n) is 10.3. The summed E-state index contributed by atoms with van der Waals surface area (Å²) in [6.07, 6.45) is 0. The number of aromatic nitrogens is 5. The standard InChI is InChI=1S/C65H39N7/c66-40-49-22-10-11-23-51(49)54-39-48(31-35-60(54)72-59-27-15-13-25-53(59)56-38-46(29-34-62(56)72)43-18-6-2-7-19-43)65-69-63(44-20-8-3-9-21-44)68-64(70-65)47-30-32-57(50(36-47)41-67)71-58-26-14-12-24-52(58)55-37-45(28-33-61(55)71)42-16-4-1-5-17-42/h1-39H. The van der Waals surface area contributed by atoms with Gasteiger partial charge in [-0.25, -0.2) is 15.0 Å². The minimum absolute atomic E-state index is 0.427. The van der Waals surface area contributed by atoms with Gasteiger partial charge in [0.2, 0.25) is 0 Å². The largest absolute Gasteiger partial charge is 0.309 e. The van der Waals surface area contributed by atoms with E-state index >= 15 is 0 Å². The highest BCUT2D eigenvalue weighted by Crippen LogP contribution is 2.41. The van der Waals surface area contributed by atoms with Gasteiger partial charge in [-0.3, -0.25) is 0 Å². The second-order valence-electron chi connectivity index (χ2n) is 17.8. The molecule has 0 fully saturated rings. The van der Waals surface area contributed by atoms with Gasteiger partial charge in [0.25, 0.3) is 0 Å². The van der Waals surface area contributed by atoms with Crippen molar-refractivity contribution in [1.29, 1.82) is 10.5 Å². The second-order valence-corrected chi connectivity index (χ2v) is 17.8. The van der Waals surface area contributed by atoms with Crippen LogP contribution >= 0.6 is 0 Å². The number of hydrogen-bond acceptors (Lipinski definition) is 5. The molecule has 0 atom stereocenters. The van der Waals surface area contributed by atoms with E-state index in [1.54, 1.807) is 0 Å². The van der Waals surface area contributed by atoms with Gasteiger partial charge in [0, 0.05) is 49.4 Å². The minimum atomic E-state index is 0.427. The number of nitriles is 2. The van der Waals surface area contributed by atoms with Crippen molar-refractivity contribution in [3.63, 3.8) is 0 Å². The van der Waals surface area contributed by atoms with E-state index in [4.69, 9.17) is 15.0 Å². The van der Waals surface area contributed by atoms with Gasteiger partial charge in [0.1, 0.15) is 6.07 Å². The van der Waals surface area contributed by atoms with Crippen molar-refractivity contribution in [3.8, 4) is 91.1 Å². The maximum Gasteiger partial charge on any atom is 0.164 e. The topological polar surface area (TPSA) is 96.1 Å². The van der Waals surface area contributed by atoms with Crippen molar-refractivity contribution >= 4 is 43.6 Å². The van der Waals surface area contributed by atoms with Crippen molar-refractivity contribution in [2.75, 3.05) is 0 Å². The zero-order valence-corrected chi connectivity index (χ0v) is 38.6. The van der Waals surface area contributed by atoms with Crippen LogP contribution in [0.25, 0.3) is 123 Å². The maximum atomic E-state index is 10.9. The Morgan fingerprint density at radius 3 is 1.25 bits per heavy atom. The lowest BCUT2D eigenvalue weighted by molar-refractivity contribution is 1.07. The van der Waals surface area contributed by atoms with Crippen LogP contribution in [0.5, 0.6) is 0 Å². The van der Waals surface area contributed by atoms with Crippen molar-refractivity contribution in [3.05, 3.63) is 248 Å². The zero-order chi connectivity index (χ0) is 48.1. The first-order valence-corrected chi connectivity index (χ1v) is 23.8. The van der Waals surface area contributed by atoms with E-state index in [0.717, 1.165) is 99.5 Å². The third-order valence-electron chi connectivity index (χ3n) is 13.7. The van der Waals surface area contributed by atoms with Crippen LogP contribution in [0.3, 0.4) is 0 Å². The maximum absolute atomic E-state index is 10.9. The highest BCUT2D eigenvalue weighted by Gasteiger charge is 2.22. The van der Waals surface area contributed by atoms with Crippen LogP contribution in [0, 0.1) is 22.7 Å². The number of rotatable bonds is 8. The average molecular weight is 918 g/mol. The molecule has 0 aliphatic carbocycles. The monoisotopic (exact) mass is 917 g/mol. The van der Waals surface area contributed by atoms with Crippen LogP contribution in [0.15, 0.2) is 237 Å². The zero-order valence-electron chi connectivity index (χ0n) is 38.6. The molecule has 72 heavy (non-hydrogen) atoms. The lowest BCUT2D eigenvalue weighted by Crippen LogP contribution is -2.03. The number of nitrogens with zero attached hydrogens (tertiary/aromatic N) is 7. The molecule has 0 saturated carbocycles. The van der Waals surface area contributed by atoms with Gasteiger partial charge in [-0.1, -0.05) is 158 Å². The van der Waals surface area contributed by atoms with Crippen LogP contribution in [-0.4, -0.2) is 24.1 Å². The van der Waals surface area contributed by atoms with E-state index in [0.29, 0.717) is 34.2 Å². The molecule has 0 aliphatic heterocycles. The minimum Gasteiger partial charge on any atom is -0.309 e. The molecule has 334 valence electrons. The molecule has 3 aromatic heterocycles. The third kappa shape index (κ3) is 7.08. The summed E-state index contributed by atoms with van der Waals surface area (Å²) in [6, 6.07) is 85.5. The van der Waals surface area contributed by atoms with Crippen molar-refractivity contribution in [2.24, 2.45) is 0 Å². The quantitative estimate of drug-likeness (QED) is 0.151. The van der Waals surface area contributed by atoms with Gasteiger partial charge in [0.15, 0.2) is 17.5 Å². The molecule has 7 nitrogen and oxygen atoms in total. The number of para-hydroxylation sites is 2. The first-order valence-electron chi connectivity index (χ1n) is 23.8. The van der Waals surface area contributed by atoms with Gasteiger partial charge in [-0.05, 0) is 101 Å². The Balaban J connectivity index is 0.983. The smallest absolute Gasteiger partial charge is 0.164 e. The Kier molecular flexibility index (Phi) is 10.1. The van der Waals surface area contributed by atoms with Crippen LogP contribution < -0.4 is 0 Å². The van der Waals surface area contributed by atoms with E-state index in [-0.39, 0.29) is 0 Å². The Hall–Kier alpha value is -10.2. The molecule has 7 heteroatoms. The summed E-state index contributed by atoms with van der Waals surface area (Å²) in [5, 5.41) is 26.0. The average Bonchev–Trinajstić information content (AvgIpc) is 3.97. The molecule has 0 spiro atoms.